The molecule has 0 spiro atoms. The predicted molar refractivity (Wildman–Crippen MR) is 242 cm³/mol. The molecule has 2 aliphatic heterocycles. The zero-order valence-electron chi connectivity index (χ0n) is 33.8. The minimum absolute atomic E-state index is 0.110. The summed E-state index contributed by atoms with van der Waals surface area (Å²) in [5.74, 6) is 0. The third-order valence-electron chi connectivity index (χ3n) is 12.3. The predicted octanol–water partition coefficient (Wildman–Crippen LogP) is 13.6. The molecule has 8 rings (SSSR count). The average molecular weight is 742 g/mol. The summed E-state index contributed by atoms with van der Waals surface area (Å²) in [6.45, 7) is 16.4. The van der Waals surface area contributed by atoms with Gasteiger partial charge in [0, 0.05) is 70.0 Å². The van der Waals surface area contributed by atoms with Gasteiger partial charge >= 0.3 is 0 Å². The van der Waals surface area contributed by atoms with Crippen molar-refractivity contribution < 1.29 is 0 Å². The second kappa shape index (κ2) is 15.4. The van der Waals surface area contributed by atoms with Crippen LogP contribution in [0.2, 0.25) is 0 Å². The van der Waals surface area contributed by atoms with Crippen LogP contribution in [0, 0.1) is 0 Å². The van der Waals surface area contributed by atoms with Crippen molar-refractivity contribution in [3.05, 3.63) is 161 Å². The number of benzene rings is 5. The third-order valence-corrected chi connectivity index (χ3v) is 13.5. The fourth-order valence-electron chi connectivity index (χ4n) is 9.50. The molecular formula is C52H57N2S+. The molecule has 1 saturated carbocycles. The Morgan fingerprint density at radius 3 is 1.47 bits per heavy atom. The van der Waals surface area contributed by atoms with Gasteiger partial charge in [-0.05, 0) is 89.1 Å². The van der Waals surface area contributed by atoms with Crippen molar-refractivity contribution in [1.29, 1.82) is 0 Å². The Labute approximate surface area is 333 Å². The largest absolute Gasteiger partial charge is 0.344 e. The number of hydrogen-bond acceptors (Lipinski definition) is 2. The SMILES string of the molecule is CCCCN1C(=C/C=C2\CCC/C(=C\C=C3N(CCCC)c4ccc5ccccc5c4C3(C)C)C2=[S+]c2ccccc2)C(C)(C)c2c1ccc1ccccc21. The van der Waals surface area contributed by atoms with Crippen LogP contribution in [0.4, 0.5) is 11.4 Å². The van der Waals surface area contributed by atoms with E-state index in [4.69, 9.17) is 0 Å². The summed E-state index contributed by atoms with van der Waals surface area (Å²) in [6.07, 6.45) is 18.0. The van der Waals surface area contributed by atoms with Gasteiger partial charge in [0.2, 0.25) is 21.1 Å². The lowest BCUT2D eigenvalue weighted by Crippen LogP contribution is -2.27. The zero-order valence-corrected chi connectivity index (χ0v) is 34.6. The number of hydrogen-bond donors (Lipinski definition) is 0. The normalized spacial score (nSPS) is 20.4. The van der Waals surface area contributed by atoms with E-state index in [1.165, 1.54) is 102 Å². The Morgan fingerprint density at radius 1 is 0.545 bits per heavy atom. The standard InChI is InChI=1S/C52H57N2S/c1-7-9-35-53-44-31-27-37-19-14-16-25-42(37)48(44)51(3,4)46(53)33-29-39-21-18-22-40(50(39)55-41-23-12-11-13-24-41)30-34-47-52(5,6)49-43-26-17-15-20-38(43)28-32-45(49)54(47)36-10-8-2/h11-17,19-20,23-34H,7-10,18,21-22,35-36H2,1-6H3/q+1/b39-29+,40-30+,46-33?,47-34?. The van der Waals surface area contributed by atoms with Gasteiger partial charge in [-0.2, -0.15) is 0 Å². The molecule has 0 unspecified atom stereocenters. The van der Waals surface area contributed by atoms with Crippen molar-refractivity contribution in [2.45, 2.75) is 102 Å². The summed E-state index contributed by atoms with van der Waals surface area (Å²) in [5.41, 5.74) is 11.2. The quantitative estimate of drug-likeness (QED) is 0.0843. The first kappa shape index (κ1) is 37.2. The molecule has 1 fully saturated rings. The van der Waals surface area contributed by atoms with E-state index < -0.39 is 0 Å². The van der Waals surface area contributed by atoms with E-state index in [1.807, 2.05) is 11.4 Å². The highest BCUT2D eigenvalue weighted by atomic mass is 32.1. The lowest BCUT2D eigenvalue weighted by Gasteiger charge is -2.27. The molecular weight excluding hydrogens is 685 g/mol. The molecule has 3 aliphatic rings. The van der Waals surface area contributed by atoms with Gasteiger partial charge in [0.15, 0.2) is 0 Å². The number of allylic oxidation sites excluding steroid dienone is 8. The van der Waals surface area contributed by atoms with E-state index in [-0.39, 0.29) is 10.8 Å². The van der Waals surface area contributed by atoms with Crippen molar-refractivity contribution in [2.75, 3.05) is 22.9 Å². The number of nitrogens with zero attached hydrogens (tertiary/aromatic N) is 2. The molecule has 0 atom stereocenters. The Bertz CT molecular complexity index is 2240. The van der Waals surface area contributed by atoms with Gasteiger partial charge < -0.3 is 9.80 Å². The Hall–Kier alpha value is -4.73. The van der Waals surface area contributed by atoms with Gasteiger partial charge in [-0.3, -0.25) is 0 Å². The molecule has 2 nitrogen and oxygen atoms in total. The van der Waals surface area contributed by atoms with E-state index in [1.54, 1.807) is 0 Å². The molecule has 1 aliphatic carbocycles. The summed E-state index contributed by atoms with van der Waals surface area (Å²) in [4.78, 5) is 7.98. The maximum atomic E-state index is 2.63. The smallest absolute Gasteiger partial charge is 0.237 e. The van der Waals surface area contributed by atoms with Crippen LogP contribution in [0.5, 0.6) is 0 Å². The number of unbranched alkanes of at least 4 members (excludes halogenated alkanes) is 2. The number of fused-ring (bicyclic) bond motifs is 6. The minimum Gasteiger partial charge on any atom is -0.344 e. The van der Waals surface area contributed by atoms with Gasteiger partial charge in [0.25, 0.3) is 0 Å². The summed E-state index contributed by atoms with van der Waals surface area (Å²) in [5, 5.41) is 5.41. The van der Waals surface area contributed by atoms with E-state index in [0.717, 1.165) is 32.4 Å². The van der Waals surface area contributed by atoms with Gasteiger partial charge in [-0.1, -0.05) is 145 Å². The van der Waals surface area contributed by atoms with E-state index in [9.17, 15) is 0 Å². The molecule has 55 heavy (non-hydrogen) atoms. The lowest BCUT2D eigenvalue weighted by atomic mass is 9.80. The summed E-state index contributed by atoms with van der Waals surface area (Å²) >= 11 is 1.95. The maximum Gasteiger partial charge on any atom is 0.237 e. The zero-order chi connectivity index (χ0) is 38.2. The molecule has 280 valence electrons. The molecule has 0 radical (unpaired) electrons. The fourth-order valence-corrected chi connectivity index (χ4v) is 10.6. The summed E-state index contributed by atoms with van der Waals surface area (Å²) < 4.78 is 0. The lowest BCUT2D eigenvalue weighted by molar-refractivity contribution is 0.628. The Balaban J connectivity index is 1.24. The molecule has 0 N–H and O–H groups in total. The van der Waals surface area contributed by atoms with Crippen LogP contribution < -0.4 is 9.80 Å². The topological polar surface area (TPSA) is 6.48 Å². The number of anilines is 2. The van der Waals surface area contributed by atoms with Crippen molar-refractivity contribution in [1.82, 2.24) is 0 Å². The molecule has 0 saturated heterocycles. The van der Waals surface area contributed by atoms with Crippen molar-refractivity contribution in [2.24, 2.45) is 0 Å². The van der Waals surface area contributed by atoms with Crippen molar-refractivity contribution >= 4 is 49.1 Å². The molecule has 0 amide bonds. The van der Waals surface area contributed by atoms with Crippen LogP contribution in [0.1, 0.15) is 97.6 Å². The molecule has 0 aromatic heterocycles. The molecule has 2 heterocycles. The van der Waals surface area contributed by atoms with Crippen LogP contribution >= 0.6 is 0 Å². The number of rotatable bonds is 9. The second-order valence-corrected chi connectivity index (χ2v) is 17.8. The molecule has 0 bridgehead atoms. The molecule has 3 heteroatoms. The van der Waals surface area contributed by atoms with Gasteiger partial charge in [0.1, 0.15) is 0 Å². The fraction of sp³-hybridized carbons (Fsp3) is 0.327. The second-order valence-electron chi connectivity index (χ2n) is 16.7. The Kier molecular flexibility index (Phi) is 10.4. The highest BCUT2D eigenvalue weighted by Crippen LogP contribution is 2.52. The first-order chi connectivity index (χ1) is 26.7. The van der Waals surface area contributed by atoms with E-state index >= 15 is 0 Å². The first-order valence-corrected chi connectivity index (χ1v) is 21.6. The van der Waals surface area contributed by atoms with E-state index in [0.29, 0.717) is 0 Å². The van der Waals surface area contributed by atoms with Crippen molar-refractivity contribution in [3.63, 3.8) is 0 Å². The monoisotopic (exact) mass is 741 g/mol. The minimum atomic E-state index is -0.110. The molecule has 5 aromatic rings. The maximum absolute atomic E-state index is 2.63. The van der Waals surface area contributed by atoms with Crippen LogP contribution in [0.15, 0.2) is 155 Å². The molecule has 5 aromatic carbocycles. The Morgan fingerprint density at radius 2 is 1.00 bits per heavy atom. The van der Waals surface area contributed by atoms with Crippen molar-refractivity contribution in [3.8, 4) is 0 Å². The first-order valence-electron chi connectivity index (χ1n) is 20.8. The third kappa shape index (κ3) is 6.80. The van der Waals surface area contributed by atoms with Crippen LogP contribution in [-0.4, -0.2) is 18.0 Å². The van der Waals surface area contributed by atoms with Gasteiger partial charge in [0.05, 0.1) is 0 Å². The van der Waals surface area contributed by atoms with Gasteiger partial charge in [-0.15, -0.1) is 0 Å². The van der Waals surface area contributed by atoms with Crippen LogP contribution in [0.3, 0.4) is 0 Å². The van der Waals surface area contributed by atoms with E-state index in [2.05, 4.69) is 179 Å². The van der Waals surface area contributed by atoms with Crippen LogP contribution in [0.25, 0.3) is 21.5 Å². The van der Waals surface area contributed by atoms with Crippen LogP contribution in [-0.2, 0) is 22.2 Å². The highest BCUT2D eigenvalue weighted by Gasteiger charge is 2.42. The van der Waals surface area contributed by atoms with Gasteiger partial charge in [-0.25, -0.2) is 0 Å². The summed E-state index contributed by atoms with van der Waals surface area (Å²) in [6, 6.07) is 38.2. The average Bonchev–Trinajstić information content (AvgIpc) is 3.56. The highest BCUT2D eigenvalue weighted by molar-refractivity contribution is 7.79. The summed E-state index contributed by atoms with van der Waals surface area (Å²) in [7, 11) is 0.